The Labute approximate surface area is 93.6 Å². The number of hydrogen-bond donors (Lipinski definition) is 1. The summed E-state index contributed by atoms with van der Waals surface area (Å²) in [6, 6.07) is 0. The molecule has 0 aliphatic heterocycles. The van der Waals surface area contributed by atoms with Gasteiger partial charge in [-0.3, -0.25) is 0 Å². The molecule has 1 N–H and O–H groups in total. The van der Waals surface area contributed by atoms with Gasteiger partial charge in [0.1, 0.15) is 9.84 Å². The summed E-state index contributed by atoms with van der Waals surface area (Å²) in [7, 11) is -2.79. The standard InChI is InChI=1S/C11H23NO2S/c1-3-8-12-10-11(5-4-6-11)7-9-15(2,13)14/h12H,3-10H2,1-2H3. The number of sulfone groups is 1. The molecule has 1 fully saturated rings. The molecule has 15 heavy (non-hydrogen) atoms. The van der Waals surface area contributed by atoms with Gasteiger partial charge in [-0.25, -0.2) is 8.42 Å². The van der Waals surface area contributed by atoms with Crippen molar-refractivity contribution >= 4 is 9.84 Å². The predicted octanol–water partition coefficient (Wildman–Crippen LogP) is 1.59. The minimum atomic E-state index is -2.79. The highest BCUT2D eigenvalue weighted by atomic mass is 32.2. The SMILES string of the molecule is CCCNCC1(CCS(C)(=O)=O)CCC1. The Morgan fingerprint density at radius 2 is 2.00 bits per heavy atom. The van der Waals surface area contributed by atoms with E-state index in [1.807, 2.05) is 0 Å². The topological polar surface area (TPSA) is 46.2 Å². The van der Waals surface area contributed by atoms with Crippen molar-refractivity contribution in [1.82, 2.24) is 5.32 Å². The third-order valence-corrected chi connectivity index (χ3v) is 4.29. The van der Waals surface area contributed by atoms with Crippen LogP contribution in [0.25, 0.3) is 0 Å². The van der Waals surface area contributed by atoms with Crippen molar-refractivity contribution in [2.45, 2.75) is 39.0 Å². The molecule has 0 aromatic rings. The Morgan fingerprint density at radius 3 is 2.40 bits per heavy atom. The van der Waals surface area contributed by atoms with Crippen LogP contribution < -0.4 is 5.32 Å². The molecule has 1 saturated carbocycles. The lowest BCUT2D eigenvalue weighted by Crippen LogP contribution is -2.41. The van der Waals surface area contributed by atoms with E-state index in [0.717, 1.165) is 25.9 Å². The van der Waals surface area contributed by atoms with Gasteiger partial charge in [-0.05, 0) is 37.6 Å². The van der Waals surface area contributed by atoms with Gasteiger partial charge in [0, 0.05) is 12.8 Å². The molecular formula is C11H23NO2S. The molecule has 0 spiro atoms. The van der Waals surface area contributed by atoms with Crippen LogP contribution in [0, 0.1) is 5.41 Å². The molecule has 0 unspecified atom stereocenters. The molecule has 0 aromatic heterocycles. The highest BCUT2D eigenvalue weighted by Crippen LogP contribution is 2.43. The van der Waals surface area contributed by atoms with Crippen molar-refractivity contribution in [3.05, 3.63) is 0 Å². The van der Waals surface area contributed by atoms with Crippen LogP contribution in [0.15, 0.2) is 0 Å². The largest absolute Gasteiger partial charge is 0.316 e. The first-order chi connectivity index (χ1) is 6.97. The predicted molar refractivity (Wildman–Crippen MR) is 63.8 cm³/mol. The second kappa shape index (κ2) is 5.30. The average Bonchev–Trinajstić information content (AvgIpc) is 2.06. The van der Waals surface area contributed by atoms with Gasteiger partial charge >= 0.3 is 0 Å². The Hall–Kier alpha value is -0.0900. The molecule has 0 amide bonds. The third-order valence-electron chi connectivity index (χ3n) is 3.34. The molecule has 1 aliphatic rings. The minimum absolute atomic E-state index is 0.290. The number of rotatable bonds is 7. The molecule has 0 radical (unpaired) electrons. The van der Waals surface area contributed by atoms with Crippen LogP contribution >= 0.6 is 0 Å². The van der Waals surface area contributed by atoms with Gasteiger partial charge in [-0.1, -0.05) is 13.3 Å². The van der Waals surface area contributed by atoms with E-state index < -0.39 is 9.84 Å². The fraction of sp³-hybridized carbons (Fsp3) is 1.00. The van der Waals surface area contributed by atoms with E-state index in [-0.39, 0.29) is 5.41 Å². The molecule has 4 heteroatoms. The molecule has 1 aliphatic carbocycles. The van der Waals surface area contributed by atoms with Crippen molar-refractivity contribution < 1.29 is 8.42 Å². The lowest BCUT2D eigenvalue weighted by Gasteiger charge is -2.42. The summed E-state index contributed by atoms with van der Waals surface area (Å²) in [6.07, 6.45) is 6.96. The smallest absolute Gasteiger partial charge is 0.147 e. The molecule has 1 rings (SSSR count). The molecule has 0 aromatic carbocycles. The monoisotopic (exact) mass is 233 g/mol. The average molecular weight is 233 g/mol. The lowest BCUT2D eigenvalue weighted by molar-refractivity contribution is 0.125. The summed E-state index contributed by atoms with van der Waals surface area (Å²) in [5, 5.41) is 3.42. The number of nitrogens with one attached hydrogen (secondary N) is 1. The van der Waals surface area contributed by atoms with E-state index >= 15 is 0 Å². The van der Waals surface area contributed by atoms with Crippen molar-refractivity contribution in [3.8, 4) is 0 Å². The van der Waals surface area contributed by atoms with Gasteiger partial charge < -0.3 is 5.32 Å². The first-order valence-corrected chi connectivity index (χ1v) is 7.92. The van der Waals surface area contributed by atoms with Crippen molar-refractivity contribution in [2.75, 3.05) is 25.1 Å². The Bertz CT molecular complexity index is 281. The van der Waals surface area contributed by atoms with Crippen molar-refractivity contribution in [1.29, 1.82) is 0 Å². The molecule has 0 bridgehead atoms. The maximum Gasteiger partial charge on any atom is 0.147 e. The van der Waals surface area contributed by atoms with E-state index in [4.69, 9.17) is 0 Å². The van der Waals surface area contributed by atoms with Crippen LogP contribution in [-0.4, -0.2) is 33.5 Å². The third kappa shape index (κ3) is 4.51. The van der Waals surface area contributed by atoms with Gasteiger partial charge in [0.05, 0.1) is 5.75 Å². The maximum absolute atomic E-state index is 11.1. The van der Waals surface area contributed by atoms with Crippen LogP contribution in [0.2, 0.25) is 0 Å². The summed E-state index contributed by atoms with van der Waals surface area (Å²) in [5.74, 6) is 0.348. The van der Waals surface area contributed by atoms with Crippen LogP contribution in [0.4, 0.5) is 0 Å². The van der Waals surface area contributed by atoms with E-state index in [1.165, 1.54) is 25.5 Å². The van der Waals surface area contributed by atoms with Gasteiger partial charge in [0.15, 0.2) is 0 Å². The Kier molecular flexibility index (Phi) is 4.59. The van der Waals surface area contributed by atoms with Crippen LogP contribution in [-0.2, 0) is 9.84 Å². The zero-order valence-electron chi connectivity index (χ0n) is 9.88. The summed E-state index contributed by atoms with van der Waals surface area (Å²) in [4.78, 5) is 0. The first kappa shape index (κ1) is 13.0. The molecule has 3 nitrogen and oxygen atoms in total. The molecule has 90 valence electrons. The zero-order chi connectivity index (χ0) is 11.4. The van der Waals surface area contributed by atoms with Gasteiger partial charge in [-0.15, -0.1) is 0 Å². The van der Waals surface area contributed by atoms with Crippen molar-refractivity contribution in [3.63, 3.8) is 0 Å². The second-order valence-electron chi connectivity index (χ2n) is 4.91. The number of hydrogen-bond acceptors (Lipinski definition) is 3. The normalized spacial score (nSPS) is 19.9. The first-order valence-electron chi connectivity index (χ1n) is 5.86. The zero-order valence-corrected chi connectivity index (χ0v) is 10.7. The quantitative estimate of drug-likeness (QED) is 0.679. The maximum atomic E-state index is 11.1. The Balaban J connectivity index is 2.33. The fourth-order valence-electron chi connectivity index (χ4n) is 2.12. The van der Waals surface area contributed by atoms with E-state index in [0.29, 0.717) is 5.75 Å². The second-order valence-corrected chi connectivity index (χ2v) is 7.17. The van der Waals surface area contributed by atoms with Gasteiger partial charge in [0.25, 0.3) is 0 Å². The van der Waals surface area contributed by atoms with Crippen molar-refractivity contribution in [2.24, 2.45) is 5.41 Å². The summed E-state index contributed by atoms with van der Waals surface area (Å²) < 4.78 is 22.3. The highest BCUT2D eigenvalue weighted by molar-refractivity contribution is 7.90. The van der Waals surface area contributed by atoms with Gasteiger partial charge in [-0.2, -0.15) is 0 Å². The molecule has 0 heterocycles. The highest BCUT2D eigenvalue weighted by Gasteiger charge is 2.36. The molecular weight excluding hydrogens is 210 g/mol. The van der Waals surface area contributed by atoms with E-state index in [9.17, 15) is 8.42 Å². The van der Waals surface area contributed by atoms with Crippen LogP contribution in [0.3, 0.4) is 0 Å². The van der Waals surface area contributed by atoms with Crippen LogP contribution in [0.5, 0.6) is 0 Å². The summed E-state index contributed by atoms with van der Waals surface area (Å²) >= 11 is 0. The fourth-order valence-corrected chi connectivity index (χ4v) is 2.93. The summed E-state index contributed by atoms with van der Waals surface area (Å²) in [6.45, 7) is 4.19. The van der Waals surface area contributed by atoms with Crippen LogP contribution in [0.1, 0.15) is 39.0 Å². The van der Waals surface area contributed by atoms with E-state index in [1.54, 1.807) is 0 Å². The van der Waals surface area contributed by atoms with Gasteiger partial charge in [0.2, 0.25) is 0 Å². The minimum Gasteiger partial charge on any atom is -0.316 e. The molecule has 0 atom stereocenters. The summed E-state index contributed by atoms with van der Waals surface area (Å²) in [5.41, 5.74) is 0.290. The molecule has 0 saturated heterocycles. The Morgan fingerprint density at radius 1 is 1.33 bits per heavy atom. The lowest BCUT2D eigenvalue weighted by atomic mass is 9.67. The van der Waals surface area contributed by atoms with E-state index in [2.05, 4.69) is 12.2 Å².